The van der Waals surface area contributed by atoms with E-state index in [9.17, 15) is 4.39 Å². The van der Waals surface area contributed by atoms with E-state index in [2.05, 4.69) is 41.5 Å². The standard InChI is InChI=1S/C22H43F/c1-7-9-10-11-12-13-14-15-16-20(23)17-19-22(5,6)21(3,4)18-8-2/h17H,7-16,18-19H2,1-6H3. The number of halogens is 1. The monoisotopic (exact) mass is 326 g/mol. The lowest BCUT2D eigenvalue weighted by atomic mass is 9.64. The molecule has 1 heteroatoms. The molecule has 0 saturated carbocycles. The highest BCUT2D eigenvalue weighted by atomic mass is 19.1. The molecule has 0 saturated heterocycles. The van der Waals surface area contributed by atoms with Crippen molar-refractivity contribution < 1.29 is 4.39 Å². The van der Waals surface area contributed by atoms with Gasteiger partial charge in [-0.1, -0.05) is 99.0 Å². The van der Waals surface area contributed by atoms with Crippen molar-refractivity contribution in [2.24, 2.45) is 10.8 Å². The lowest BCUT2D eigenvalue weighted by Crippen LogP contribution is -2.32. The van der Waals surface area contributed by atoms with Crippen molar-refractivity contribution in [1.82, 2.24) is 0 Å². The van der Waals surface area contributed by atoms with Gasteiger partial charge in [-0.3, -0.25) is 0 Å². The Hall–Kier alpha value is -0.330. The van der Waals surface area contributed by atoms with Crippen molar-refractivity contribution in [3.8, 4) is 0 Å². The zero-order chi connectivity index (χ0) is 17.8. The molecule has 0 aliphatic heterocycles. The van der Waals surface area contributed by atoms with E-state index in [1.54, 1.807) is 0 Å². The third-order valence-corrected chi connectivity index (χ3v) is 5.81. The minimum atomic E-state index is 0.108. The number of hydrogen-bond acceptors (Lipinski definition) is 0. The van der Waals surface area contributed by atoms with E-state index < -0.39 is 0 Å². The predicted molar refractivity (Wildman–Crippen MR) is 104 cm³/mol. The van der Waals surface area contributed by atoms with Crippen LogP contribution >= 0.6 is 0 Å². The average molecular weight is 327 g/mol. The maximum atomic E-state index is 14.0. The van der Waals surface area contributed by atoms with Crippen molar-refractivity contribution >= 4 is 0 Å². The highest BCUT2D eigenvalue weighted by molar-refractivity contribution is 4.98. The predicted octanol–water partition coefficient (Wildman–Crippen LogP) is 8.61. The molecule has 23 heavy (non-hydrogen) atoms. The molecule has 0 heterocycles. The third kappa shape index (κ3) is 10.2. The summed E-state index contributed by atoms with van der Waals surface area (Å²) in [5.41, 5.74) is 0.413. The van der Waals surface area contributed by atoms with Gasteiger partial charge in [0.2, 0.25) is 0 Å². The first-order valence-electron chi connectivity index (χ1n) is 10.1. The quantitative estimate of drug-likeness (QED) is 0.280. The molecule has 0 radical (unpaired) electrons. The van der Waals surface area contributed by atoms with Crippen molar-refractivity contribution in [2.75, 3.05) is 0 Å². The van der Waals surface area contributed by atoms with Gasteiger partial charge in [-0.25, -0.2) is 4.39 Å². The normalized spacial score (nSPS) is 13.6. The summed E-state index contributed by atoms with van der Waals surface area (Å²) in [4.78, 5) is 0. The Kier molecular flexibility index (Phi) is 11.9. The van der Waals surface area contributed by atoms with Crippen LogP contribution in [0.3, 0.4) is 0 Å². The topological polar surface area (TPSA) is 0 Å². The molecule has 0 rings (SSSR count). The van der Waals surface area contributed by atoms with Crippen LogP contribution in [0.15, 0.2) is 11.9 Å². The van der Waals surface area contributed by atoms with Crippen LogP contribution in [-0.4, -0.2) is 0 Å². The lowest BCUT2D eigenvalue weighted by Gasteiger charge is -2.41. The van der Waals surface area contributed by atoms with Gasteiger partial charge in [0.05, 0.1) is 5.83 Å². The molecule has 0 N–H and O–H groups in total. The summed E-state index contributed by atoms with van der Waals surface area (Å²) in [6, 6.07) is 0. The first-order valence-corrected chi connectivity index (χ1v) is 10.1. The van der Waals surface area contributed by atoms with E-state index in [1.807, 2.05) is 6.08 Å². The van der Waals surface area contributed by atoms with Crippen LogP contribution in [0.5, 0.6) is 0 Å². The van der Waals surface area contributed by atoms with Crippen molar-refractivity contribution in [3.05, 3.63) is 11.9 Å². The summed E-state index contributed by atoms with van der Waals surface area (Å²) in [6.45, 7) is 13.7. The molecular formula is C22H43F. The van der Waals surface area contributed by atoms with Crippen molar-refractivity contribution in [1.29, 1.82) is 0 Å². The minimum absolute atomic E-state index is 0.108. The first-order chi connectivity index (χ1) is 10.8. The smallest absolute Gasteiger partial charge is 0.0960 e. The Morgan fingerprint density at radius 1 is 0.739 bits per heavy atom. The summed E-state index contributed by atoms with van der Waals surface area (Å²) in [6.07, 6.45) is 15.9. The van der Waals surface area contributed by atoms with Gasteiger partial charge in [-0.15, -0.1) is 0 Å². The Bertz CT molecular complexity index is 312. The molecule has 0 bridgehead atoms. The van der Waals surface area contributed by atoms with E-state index in [1.165, 1.54) is 57.8 Å². The Balaban J connectivity index is 3.94. The molecule has 0 fully saturated rings. The molecule has 0 unspecified atom stereocenters. The second-order valence-electron chi connectivity index (χ2n) is 8.60. The van der Waals surface area contributed by atoms with Gasteiger partial charge in [0.15, 0.2) is 0 Å². The average Bonchev–Trinajstić information content (AvgIpc) is 2.47. The summed E-state index contributed by atoms with van der Waals surface area (Å²) >= 11 is 0. The Morgan fingerprint density at radius 2 is 1.26 bits per heavy atom. The van der Waals surface area contributed by atoms with Crippen molar-refractivity contribution in [3.63, 3.8) is 0 Å². The van der Waals surface area contributed by atoms with Gasteiger partial charge < -0.3 is 0 Å². The highest BCUT2D eigenvalue weighted by Crippen LogP contribution is 2.45. The van der Waals surface area contributed by atoms with Crippen LogP contribution in [0.2, 0.25) is 0 Å². The summed E-state index contributed by atoms with van der Waals surface area (Å²) < 4.78 is 14.0. The molecule has 0 spiro atoms. The van der Waals surface area contributed by atoms with Crippen LogP contribution in [0.1, 0.15) is 119 Å². The molecule has 0 aliphatic carbocycles. The molecule has 0 aromatic rings. The largest absolute Gasteiger partial charge is 0.212 e. The van der Waals surface area contributed by atoms with Gasteiger partial charge in [-0.2, -0.15) is 0 Å². The lowest BCUT2D eigenvalue weighted by molar-refractivity contribution is 0.0998. The number of hydrogen-bond donors (Lipinski definition) is 0. The highest BCUT2D eigenvalue weighted by Gasteiger charge is 2.35. The Labute approximate surface area is 146 Å². The number of unbranched alkanes of at least 4 members (excludes halogenated alkanes) is 7. The molecule has 138 valence electrons. The molecule has 0 aliphatic rings. The third-order valence-electron chi connectivity index (χ3n) is 5.81. The van der Waals surface area contributed by atoms with Gasteiger partial charge >= 0.3 is 0 Å². The second-order valence-corrected chi connectivity index (χ2v) is 8.60. The van der Waals surface area contributed by atoms with E-state index in [-0.39, 0.29) is 16.7 Å². The summed E-state index contributed by atoms with van der Waals surface area (Å²) in [5, 5.41) is 0. The molecule has 0 aromatic heterocycles. The van der Waals surface area contributed by atoms with E-state index in [0.29, 0.717) is 6.42 Å². The molecule has 0 amide bonds. The number of allylic oxidation sites excluding steroid dienone is 2. The fraction of sp³-hybridized carbons (Fsp3) is 0.909. The fourth-order valence-electron chi connectivity index (χ4n) is 3.14. The van der Waals surface area contributed by atoms with Crippen LogP contribution in [0.4, 0.5) is 4.39 Å². The molecule has 0 nitrogen and oxygen atoms in total. The van der Waals surface area contributed by atoms with E-state index in [0.717, 1.165) is 12.8 Å². The van der Waals surface area contributed by atoms with E-state index >= 15 is 0 Å². The molecular weight excluding hydrogens is 283 g/mol. The Morgan fingerprint density at radius 3 is 1.78 bits per heavy atom. The zero-order valence-electron chi connectivity index (χ0n) is 16.9. The second kappa shape index (κ2) is 12.1. The van der Waals surface area contributed by atoms with Gasteiger partial charge in [0.1, 0.15) is 0 Å². The summed E-state index contributed by atoms with van der Waals surface area (Å²) in [7, 11) is 0. The van der Waals surface area contributed by atoms with Crippen LogP contribution < -0.4 is 0 Å². The minimum Gasteiger partial charge on any atom is -0.212 e. The SMILES string of the molecule is CCCCCCCCCCC(F)=CCC(C)(C)C(C)(C)CCC. The van der Waals surface area contributed by atoms with Crippen LogP contribution in [-0.2, 0) is 0 Å². The van der Waals surface area contributed by atoms with Gasteiger partial charge in [-0.05, 0) is 36.5 Å². The van der Waals surface area contributed by atoms with Gasteiger partial charge in [0, 0.05) is 0 Å². The van der Waals surface area contributed by atoms with Crippen molar-refractivity contribution in [2.45, 2.75) is 119 Å². The van der Waals surface area contributed by atoms with E-state index in [4.69, 9.17) is 0 Å². The first kappa shape index (κ1) is 22.7. The fourth-order valence-corrected chi connectivity index (χ4v) is 3.14. The van der Waals surface area contributed by atoms with Crippen LogP contribution in [0.25, 0.3) is 0 Å². The molecule has 0 atom stereocenters. The molecule has 0 aromatic carbocycles. The number of rotatable bonds is 14. The maximum absolute atomic E-state index is 14.0. The van der Waals surface area contributed by atoms with Gasteiger partial charge in [0.25, 0.3) is 0 Å². The summed E-state index contributed by atoms with van der Waals surface area (Å²) in [5.74, 6) is 0.108. The maximum Gasteiger partial charge on any atom is 0.0960 e. The zero-order valence-corrected chi connectivity index (χ0v) is 16.9. The van der Waals surface area contributed by atoms with Crippen LogP contribution in [0, 0.1) is 10.8 Å².